The van der Waals surface area contributed by atoms with E-state index in [-0.39, 0.29) is 11.5 Å². The topological polar surface area (TPSA) is 112 Å². The maximum Gasteiger partial charge on any atom is 0.349 e. The zero-order chi connectivity index (χ0) is 19.1. The first-order valence-electron chi connectivity index (χ1n) is 7.51. The molecule has 0 heterocycles. The lowest BCUT2D eigenvalue weighted by atomic mass is 10.2. The van der Waals surface area contributed by atoms with Gasteiger partial charge < -0.3 is 29.2 Å². The standard InChI is InChI=1S/C18H18O8/c1-23-11-3-7-13(8-4-11)25-15(17(19)20)16(18(21)22)26-14-9-5-12(24-2)6-10-14/h3-10,15-16H,1-2H3,(H,19,20)(H,21,22)/t15-,16-/m1/s1. The molecule has 2 atom stereocenters. The third kappa shape index (κ3) is 4.79. The molecular formula is C18H18O8. The summed E-state index contributed by atoms with van der Waals surface area (Å²) in [5, 5.41) is 18.8. The fourth-order valence-corrected chi connectivity index (χ4v) is 2.09. The molecule has 2 N–H and O–H groups in total. The minimum absolute atomic E-state index is 0.169. The summed E-state index contributed by atoms with van der Waals surface area (Å²) in [6, 6.07) is 12.1. The molecule has 0 saturated heterocycles. The molecule has 0 unspecified atom stereocenters. The molecule has 0 saturated carbocycles. The minimum atomic E-state index is -1.76. The smallest absolute Gasteiger partial charge is 0.349 e. The summed E-state index contributed by atoms with van der Waals surface area (Å²) >= 11 is 0. The molecule has 8 nitrogen and oxygen atoms in total. The van der Waals surface area contributed by atoms with Gasteiger partial charge in [0.25, 0.3) is 0 Å². The summed E-state index contributed by atoms with van der Waals surface area (Å²) in [4.78, 5) is 23.1. The average Bonchev–Trinajstić information content (AvgIpc) is 2.65. The Morgan fingerprint density at radius 3 is 1.15 bits per heavy atom. The van der Waals surface area contributed by atoms with Crippen LogP contribution in [0.1, 0.15) is 0 Å². The second kappa shape index (κ2) is 8.61. The number of hydrogen-bond acceptors (Lipinski definition) is 6. The summed E-state index contributed by atoms with van der Waals surface area (Å²) < 4.78 is 20.7. The molecule has 2 rings (SSSR count). The molecule has 138 valence electrons. The van der Waals surface area contributed by atoms with Gasteiger partial charge in [-0.2, -0.15) is 0 Å². The van der Waals surface area contributed by atoms with Crippen LogP contribution in [-0.4, -0.2) is 48.6 Å². The van der Waals surface area contributed by atoms with E-state index in [0.29, 0.717) is 11.5 Å². The number of benzene rings is 2. The van der Waals surface area contributed by atoms with E-state index in [4.69, 9.17) is 18.9 Å². The number of carboxylic acid groups (broad SMARTS) is 2. The van der Waals surface area contributed by atoms with Gasteiger partial charge in [-0.3, -0.25) is 0 Å². The molecular weight excluding hydrogens is 344 g/mol. The Morgan fingerprint density at radius 2 is 0.923 bits per heavy atom. The van der Waals surface area contributed by atoms with E-state index in [0.717, 1.165) is 0 Å². The van der Waals surface area contributed by atoms with Gasteiger partial charge in [0.2, 0.25) is 12.2 Å². The van der Waals surface area contributed by atoms with E-state index in [1.807, 2.05) is 0 Å². The molecule has 0 aromatic heterocycles. The van der Waals surface area contributed by atoms with Crippen LogP contribution < -0.4 is 18.9 Å². The fourth-order valence-electron chi connectivity index (χ4n) is 2.09. The first-order valence-corrected chi connectivity index (χ1v) is 7.51. The van der Waals surface area contributed by atoms with Crippen molar-refractivity contribution in [3.63, 3.8) is 0 Å². The molecule has 0 aliphatic rings. The Bertz CT molecular complexity index is 673. The summed E-state index contributed by atoms with van der Waals surface area (Å²) in [5.74, 6) is -1.50. The average molecular weight is 362 g/mol. The molecule has 8 heteroatoms. The van der Waals surface area contributed by atoms with Gasteiger partial charge >= 0.3 is 11.9 Å². The third-order valence-corrected chi connectivity index (χ3v) is 3.41. The van der Waals surface area contributed by atoms with Crippen LogP contribution >= 0.6 is 0 Å². The molecule has 2 aromatic rings. The normalized spacial score (nSPS) is 12.5. The van der Waals surface area contributed by atoms with Gasteiger partial charge in [0, 0.05) is 0 Å². The highest BCUT2D eigenvalue weighted by molar-refractivity contribution is 5.84. The summed E-state index contributed by atoms with van der Waals surface area (Å²) in [6.07, 6.45) is -3.52. The van der Waals surface area contributed by atoms with Gasteiger partial charge in [-0.05, 0) is 48.5 Å². The van der Waals surface area contributed by atoms with E-state index >= 15 is 0 Å². The number of carboxylic acids is 2. The minimum Gasteiger partial charge on any atom is -0.497 e. The molecule has 0 amide bonds. The van der Waals surface area contributed by atoms with Crippen LogP contribution in [0.5, 0.6) is 23.0 Å². The van der Waals surface area contributed by atoms with Gasteiger partial charge in [-0.25, -0.2) is 9.59 Å². The number of ether oxygens (including phenoxy) is 4. The van der Waals surface area contributed by atoms with Crippen molar-refractivity contribution in [2.24, 2.45) is 0 Å². The maximum absolute atomic E-state index is 11.6. The van der Waals surface area contributed by atoms with Crippen LogP contribution in [0.2, 0.25) is 0 Å². The van der Waals surface area contributed by atoms with E-state index in [1.54, 1.807) is 24.3 Å². The molecule has 0 aliphatic heterocycles. The number of carbonyl (C=O) groups is 2. The lowest BCUT2D eigenvalue weighted by Crippen LogP contribution is -2.47. The van der Waals surface area contributed by atoms with Crippen molar-refractivity contribution >= 4 is 11.9 Å². The Morgan fingerprint density at radius 1 is 0.654 bits per heavy atom. The molecule has 0 radical (unpaired) electrons. The van der Waals surface area contributed by atoms with Gasteiger partial charge in [-0.15, -0.1) is 0 Å². The zero-order valence-corrected chi connectivity index (χ0v) is 14.1. The van der Waals surface area contributed by atoms with Crippen LogP contribution in [-0.2, 0) is 9.59 Å². The largest absolute Gasteiger partial charge is 0.497 e. The summed E-state index contributed by atoms with van der Waals surface area (Å²) in [5.41, 5.74) is 0. The van der Waals surface area contributed by atoms with Crippen LogP contribution in [0.3, 0.4) is 0 Å². The second-order valence-electron chi connectivity index (χ2n) is 5.10. The first-order chi connectivity index (χ1) is 12.4. The molecule has 0 spiro atoms. The van der Waals surface area contributed by atoms with Crippen LogP contribution in [0.4, 0.5) is 0 Å². The van der Waals surface area contributed by atoms with E-state index in [9.17, 15) is 19.8 Å². The van der Waals surface area contributed by atoms with Gasteiger partial charge in [0.1, 0.15) is 23.0 Å². The van der Waals surface area contributed by atoms with Crippen molar-refractivity contribution in [1.82, 2.24) is 0 Å². The van der Waals surface area contributed by atoms with Gasteiger partial charge in [0.15, 0.2) is 0 Å². The first kappa shape index (κ1) is 18.9. The maximum atomic E-state index is 11.6. The fraction of sp³-hybridized carbons (Fsp3) is 0.222. The predicted molar refractivity (Wildman–Crippen MR) is 90.1 cm³/mol. The predicted octanol–water partition coefficient (Wildman–Crippen LogP) is 2.07. The number of aliphatic carboxylic acids is 2. The van der Waals surface area contributed by atoms with E-state index in [2.05, 4.69) is 0 Å². The van der Waals surface area contributed by atoms with E-state index < -0.39 is 24.1 Å². The Balaban J connectivity index is 2.20. The highest BCUT2D eigenvalue weighted by atomic mass is 16.6. The van der Waals surface area contributed by atoms with Gasteiger partial charge in [0.05, 0.1) is 14.2 Å². The molecule has 0 bridgehead atoms. The number of rotatable bonds is 9. The van der Waals surface area contributed by atoms with Gasteiger partial charge in [-0.1, -0.05) is 0 Å². The summed E-state index contributed by atoms with van der Waals surface area (Å²) in [7, 11) is 2.97. The molecule has 0 aliphatic carbocycles. The lowest BCUT2D eigenvalue weighted by molar-refractivity contribution is -0.161. The van der Waals surface area contributed by atoms with Crippen molar-refractivity contribution < 1.29 is 38.7 Å². The highest BCUT2D eigenvalue weighted by Gasteiger charge is 2.38. The number of methoxy groups -OCH3 is 2. The molecule has 0 fully saturated rings. The monoisotopic (exact) mass is 362 g/mol. The van der Waals surface area contributed by atoms with Crippen LogP contribution in [0, 0.1) is 0 Å². The lowest BCUT2D eigenvalue weighted by Gasteiger charge is -2.22. The third-order valence-electron chi connectivity index (χ3n) is 3.41. The van der Waals surface area contributed by atoms with Crippen molar-refractivity contribution in [1.29, 1.82) is 0 Å². The highest BCUT2D eigenvalue weighted by Crippen LogP contribution is 2.22. The second-order valence-corrected chi connectivity index (χ2v) is 5.10. The van der Waals surface area contributed by atoms with Crippen molar-refractivity contribution in [3.8, 4) is 23.0 Å². The van der Waals surface area contributed by atoms with Crippen molar-refractivity contribution in [2.45, 2.75) is 12.2 Å². The van der Waals surface area contributed by atoms with Crippen molar-refractivity contribution in [3.05, 3.63) is 48.5 Å². The van der Waals surface area contributed by atoms with Crippen LogP contribution in [0.25, 0.3) is 0 Å². The molecule has 26 heavy (non-hydrogen) atoms. The van der Waals surface area contributed by atoms with Crippen LogP contribution in [0.15, 0.2) is 48.5 Å². The zero-order valence-electron chi connectivity index (χ0n) is 14.1. The Labute approximate surface area is 149 Å². The summed E-state index contributed by atoms with van der Waals surface area (Å²) in [6.45, 7) is 0. The Hall–Kier alpha value is -3.42. The van der Waals surface area contributed by atoms with Crippen molar-refractivity contribution in [2.75, 3.05) is 14.2 Å². The SMILES string of the molecule is COc1ccc(O[C@@H](C(=O)O)[C@@H](Oc2ccc(OC)cc2)C(=O)O)cc1. The molecule has 2 aromatic carbocycles. The van der Waals surface area contributed by atoms with E-state index in [1.165, 1.54) is 38.5 Å². The number of hydrogen-bond donors (Lipinski definition) is 2. The quantitative estimate of drug-likeness (QED) is 0.697. The Kier molecular flexibility index (Phi) is 6.26.